The molecule has 1 fully saturated rings. The summed E-state index contributed by atoms with van der Waals surface area (Å²) in [5.41, 5.74) is 2.27. The molecule has 1 heterocycles. The number of hydrogen-bond donors (Lipinski definition) is 2. The third-order valence-electron chi connectivity index (χ3n) is 5.36. The molecule has 3 atom stereocenters. The highest BCUT2D eigenvalue weighted by molar-refractivity contribution is 5.77. The predicted molar refractivity (Wildman–Crippen MR) is 105 cm³/mol. The van der Waals surface area contributed by atoms with Crippen LogP contribution in [0.15, 0.2) is 48.5 Å². The summed E-state index contributed by atoms with van der Waals surface area (Å²) < 4.78 is 10.9. The minimum atomic E-state index is 0.00896. The van der Waals surface area contributed by atoms with Crippen LogP contribution in [0.3, 0.4) is 0 Å². The maximum atomic E-state index is 12.6. The van der Waals surface area contributed by atoms with E-state index in [0.717, 1.165) is 42.0 Å². The molecule has 1 amide bonds. The Morgan fingerprint density at radius 1 is 1.19 bits per heavy atom. The summed E-state index contributed by atoms with van der Waals surface area (Å²) in [6.45, 7) is 3.49. The molecule has 2 aromatic rings. The Hall–Kier alpha value is -2.53. The van der Waals surface area contributed by atoms with Gasteiger partial charge in [-0.05, 0) is 24.6 Å². The van der Waals surface area contributed by atoms with Crippen molar-refractivity contribution < 1.29 is 19.2 Å². The molecule has 0 aliphatic carbocycles. The fourth-order valence-electron chi connectivity index (χ4n) is 3.93. The van der Waals surface area contributed by atoms with Crippen molar-refractivity contribution >= 4 is 5.91 Å². The van der Waals surface area contributed by atoms with Gasteiger partial charge in [0.15, 0.2) is 6.54 Å². The van der Waals surface area contributed by atoms with Crippen LogP contribution in [-0.2, 0) is 4.79 Å². The molecule has 1 aliphatic heterocycles. The number of likely N-dealkylation sites (tertiary alicyclic amines) is 1. The van der Waals surface area contributed by atoms with E-state index in [0.29, 0.717) is 6.54 Å². The second-order valence-corrected chi connectivity index (χ2v) is 7.09. The van der Waals surface area contributed by atoms with E-state index >= 15 is 0 Å². The highest BCUT2D eigenvalue weighted by Gasteiger charge is 2.34. The average molecular weight is 369 g/mol. The maximum absolute atomic E-state index is 12.6. The van der Waals surface area contributed by atoms with Gasteiger partial charge in [-0.2, -0.15) is 0 Å². The fourth-order valence-corrected chi connectivity index (χ4v) is 3.93. The van der Waals surface area contributed by atoms with Crippen LogP contribution < -0.4 is 19.7 Å². The lowest BCUT2D eigenvalue weighted by Gasteiger charge is -2.24. The van der Waals surface area contributed by atoms with E-state index in [1.54, 1.807) is 14.2 Å². The van der Waals surface area contributed by atoms with Gasteiger partial charge in [0, 0.05) is 18.9 Å². The Balaban J connectivity index is 1.67. The number of quaternary nitrogens is 1. The van der Waals surface area contributed by atoms with Gasteiger partial charge in [0.25, 0.3) is 5.91 Å². The summed E-state index contributed by atoms with van der Waals surface area (Å²) in [5.74, 6) is 1.70. The topological polar surface area (TPSA) is 52.0 Å². The molecule has 0 radical (unpaired) electrons. The first-order chi connectivity index (χ1) is 13.1. The lowest BCUT2D eigenvalue weighted by molar-refractivity contribution is -0.910. The van der Waals surface area contributed by atoms with Gasteiger partial charge in [-0.3, -0.25) is 4.79 Å². The van der Waals surface area contributed by atoms with Crippen molar-refractivity contribution in [2.75, 3.05) is 27.3 Å². The van der Waals surface area contributed by atoms with E-state index in [1.165, 1.54) is 4.90 Å². The smallest absolute Gasteiger partial charge is 0.275 e. The van der Waals surface area contributed by atoms with Crippen molar-refractivity contribution in [1.82, 2.24) is 5.32 Å². The Bertz CT molecular complexity index is 763. The van der Waals surface area contributed by atoms with Crippen molar-refractivity contribution in [3.8, 4) is 11.5 Å². The molecule has 0 saturated carbocycles. The quantitative estimate of drug-likeness (QED) is 0.787. The molecule has 144 valence electrons. The van der Waals surface area contributed by atoms with Crippen molar-refractivity contribution in [3.05, 3.63) is 59.7 Å². The predicted octanol–water partition coefficient (Wildman–Crippen LogP) is 2.30. The number of methoxy groups -OCH3 is 2. The van der Waals surface area contributed by atoms with Gasteiger partial charge in [0.2, 0.25) is 0 Å². The molecule has 1 unspecified atom stereocenters. The van der Waals surface area contributed by atoms with Crippen LogP contribution in [0.1, 0.15) is 43.0 Å². The van der Waals surface area contributed by atoms with E-state index in [-0.39, 0.29) is 18.0 Å². The number of nitrogens with one attached hydrogen (secondary N) is 2. The number of rotatable bonds is 7. The van der Waals surface area contributed by atoms with E-state index < -0.39 is 0 Å². The first-order valence-electron chi connectivity index (χ1n) is 9.53. The highest BCUT2D eigenvalue weighted by Crippen LogP contribution is 2.31. The number of benzene rings is 2. The van der Waals surface area contributed by atoms with Gasteiger partial charge < -0.3 is 19.7 Å². The van der Waals surface area contributed by atoms with E-state index in [9.17, 15) is 4.79 Å². The number of carbonyl (C=O) groups excluding carboxylic acids is 1. The molecule has 1 aliphatic rings. The van der Waals surface area contributed by atoms with Crippen LogP contribution in [0.5, 0.6) is 11.5 Å². The fraction of sp³-hybridized carbons (Fsp3) is 0.409. The second kappa shape index (κ2) is 8.91. The van der Waals surface area contributed by atoms with Crippen LogP contribution in [0, 0.1) is 0 Å². The minimum absolute atomic E-state index is 0.00896. The monoisotopic (exact) mass is 369 g/mol. The largest absolute Gasteiger partial charge is 0.497 e. The van der Waals surface area contributed by atoms with Crippen molar-refractivity contribution in [1.29, 1.82) is 0 Å². The van der Waals surface area contributed by atoms with E-state index in [1.807, 2.05) is 49.4 Å². The van der Waals surface area contributed by atoms with Gasteiger partial charge in [0.1, 0.15) is 17.5 Å². The molecule has 5 heteroatoms. The van der Waals surface area contributed by atoms with E-state index in [2.05, 4.69) is 11.4 Å². The van der Waals surface area contributed by atoms with Crippen LogP contribution >= 0.6 is 0 Å². The molecule has 0 spiro atoms. The van der Waals surface area contributed by atoms with Crippen LogP contribution in [0.2, 0.25) is 0 Å². The van der Waals surface area contributed by atoms with Crippen LogP contribution in [0.4, 0.5) is 0 Å². The standard InChI is InChI=1S/C22H28N2O3/c1-16(17-8-5-4-6-9-17)23-22(25)15-24-13-7-10-20(24)19-12-11-18(26-2)14-21(19)27-3/h4-6,8-9,11-12,14,16,20H,7,10,13,15H2,1-3H3,(H,23,25)/p+1/t16-,20-/m0/s1. The number of ether oxygens (including phenoxy) is 2. The van der Waals surface area contributed by atoms with Gasteiger partial charge in [-0.15, -0.1) is 0 Å². The van der Waals surface area contributed by atoms with Crippen LogP contribution in [0.25, 0.3) is 0 Å². The molecule has 3 rings (SSSR count). The normalized spacial score (nSPS) is 20.1. The summed E-state index contributed by atoms with van der Waals surface area (Å²) in [6, 6.07) is 16.3. The van der Waals surface area contributed by atoms with E-state index in [4.69, 9.17) is 9.47 Å². The molecule has 2 N–H and O–H groups in total. The Morgan fingerprint density at radius 2 is 1.96 bits per heavy atom. The zero-order valence-corrected chi connectivity index (χ0v) is 16.3. The second-order valence-electron chi connectivity index (χ2n) is 7.09. The molecule has 2 aromatic carbocycles. The lowest BCUT2D eigenvalue weighted by atomic mass is 10.0. The lowest BCUT2D eigenvalue weighted by Crippen LogP contribution is -3.11. The van der Waals surface area contributed by atoms with Crippen molar-refractivity contribution in [2.45, 2.75) is 31.8 Å². The first kappa shape index (κ1) is 19.2. The van der Waals surface area contributed by atoms with Crippen LogP contribution in [-0.4, -0.2) is 33.2 Å². The molecule has 0 aromatic heterocycles. The zero-order chi connectivity index (χ0) is 19.2. The van der Waals surface area contributed by atoms with Gasteiger partial charge >= 0.3 is 0 Å². The number of carbonyl (C=O) groups is 1. The SMILES string of the molecule is COc1ccc([C@@H]2CCC[NH+]2CC(=O)N[C@@H](C)c2ccccc2)c(OC)c1. The molecular weight excluding hydrogens is 340 g/mol. The van der Waals surface area contributed by atoms with Gasteiger partial charge in [-0.25, -0.2) is 0 Å². The third-order valence-corrected chi connectivity index (χ3v) is 5.36. The van der Waals surface area contributed by atoms with Crippen molar-refractivity contribution in [3.63, 3.8) is 0 Å². The number of amides is 1. The number of hydrogen-bond acceptors (Lipinski definition) is 3. The summed E-state index contributed by atoms with van der Waals surface area (Å²) in [7, 11) is 3.33. The molecule has 5 nitrogen and oxygen atoms in total. The molecule has 1 saturated heterocycles. The zero-order valence-electron chi connectivity index (χ0n) is 16.3. The maximum Gasteiger partial charge on any atom is 0.275 e. The summed E-state index contributed by atoms with van der Waals surface area (Å²) in [4.78, 5) is 13.9. The molecule has 27 heavy (non-hydrogen) atoms. The Labute approximate surface area is 161 Å². The van der Waals surface area contributed by atoms with Crippen molar-refractivity contribution in [2.24, 2.45) is 0 Å². The molecule has 0 bridgehead atoms. The van der Waals surface area contributed by atoms with Gasteiger partial charge in [0.05, 0.1) is 32.4 Å². The minimum Gasteiger partial charge on any atom is -0.497 e. The summed E-state index contributed by atoms with van der Waals surface area (Å²) >= 11 is 0. The summed E-state index contributed by atoms with van der Waals surface area (Å²) in [5, 5.41) is 3.13. The Kier molecular flexibility index (Phi) is 6.35. The molecular formula is C22H29N2O3+. The first-order valence-corrected chi connectivity index (χ1v) is 9.53. The third kappa shape index (κ3) is 4.61. The van der Waals surface area contributed by atoms with Gasteiger partial charge in [-0.1, -0.05) is 30.3 Å². The summed E-state index contributed by atoms with van der Waals surface area (Å²) in [6.07, 6.45) is 2.16. The Morgan fingerprint density at radius 3 is 2.67 bits per heavy atom. The average Bonchev–Trinajstić information content (AvgIpc) is 3.15. The highest BCUT2D eigenvalue weighted by atomic mass is 16.5.